The van der Waals surface area contributed by atoms with E-state index in [9.17, 15) is 0 Å². The number of para-hydroxylation sites is 1. The van der Waals surface area contributed by atoms with Gasteiger partial charge in [0, 0.05) is 24.2 Å². The van der Waals surface area contributed by atoms with Crippen LogP contribution in [0.15, 0.2) is 36.5 Å². The third-order valence-electron chi connectivity index (χ3n) is 6.51. The van der Waals surface area contributed by atoms with Gasteiger partial charge in [0.05, 0.1) is 12.1 Å². The molecular formula is C20H24N2O. The summed E-state index contributed by atoms with van der Waals surface area (Å²) in [6, 6.07) is 11.2. The molecule has 6 rings (SSSR count). The van der Waals surface area contributed by atoms with Crippen LogP contribution in [0.2, 0.25) is 0 Å². The van der Waals surface area contributed by atoms with E-state index in [2.05, 4.69) is 47.1 Å². The lowest BCUT2D eigenvalue weighted by Gasteiger charge is -2.51. The van der Waals surface area contributed by atoms with Crippen LogP contribution in [0.5, 0.6) is 0 Å². The van der Waals surface area contributed by atoms with Gasteiger partial charge in [-0.1, -0.05) is 31.5 Å². The molecule has 3 heteroatoms. The standard InChI is InChI=1S/C20H24N2O/c1-2-14-12-22-10-8-15(14)11-19(22)20(13-23-20)17-7-9-21-18-6-4-3-5-16(17)18/h3-7,9,14-15,19H,2,8,10-13H2,1H3/t14-,15-,19+,20+/m0/s1. The van der Waals surface area contributed by atoms with Crippen LogP contribution >= 0.6 is 0 Å². The van der Waals surface area contributed by atoms with E-state index in [-0.39, 0.29) is 5.60 Å². The van der Waals surface area contributed by atoms with Crippen LogP contribution in [0.3, 0.4) is 0 Å². The third kappa shape index (κ3) is 1.99. The zero-order chi connectivity index (χ0) is 15.4. The first-order valence-corrected chi connectivity index (χ1v) is 9.04. The molecule has 5 atom stereocenters. The van der Waals surface area contributed by atoms with Crippen LogP contribution < -0.4 is 0 Å². The Labute approximate surface area is 137 Å². The molecule has 0 spiro atoms. The molecule has 0 N–H and O–H groups in total. The van der Waals surface area contributed by atoms with E-state index in [1.54, 1.807) is 0 Å². The molecule has 4 fully saturated rings. The van der Waals surface area contributed by atoms with Crippen molar-refractivity contribution in [2.45, 2.75) is 37.8 Å². The van der Waals surface area contributed by atoms with Crippen LogP contribution in [0.4, 0.5) is 0 Å². The summed E-state index contributed by atoms with van der Waals surface area (Å²) in [4.78, 5) is 7.25. The van der Waals surface area contributed by atoms with E-state index in [1.807, 2.05) is 6.20 Å². The van der Waals surface area contributed by atoms with Gasteiger partial charge in [0.25, 0.3) is 0 Å². The maximum atomic E-state index is 6.18. The Morgan fingerprint density at radius 3 is 2.91 bits per heavy atom. The fourth-order valence-electron chi connectivity index (χ4n) is 5.16. The second-order valence-electron chi connectivity index (χ2n) is 7.52. The summed E-state index contributed by atoms with van der Waals surface area (Å²) in [5.41, 5.74) is 2.36. The molecule has 2 aromatic rings. The summed E-state index contributed by atoms with van der Waals surface area (Å²) in [6.07, 6.45) is 5.95. The Bertz CT molecular complexity index is 734. The number of pyridine rings is 1. The highest BCUT2D eigenvalue weighted by molar-refractivity contribution is 5.83. The van der Waals surface area contributed by atoms with E-state index < -0.39 is 0 Å². The number of aromatic nitrogens is 1. The summed E-state index contributed by atoms with van der Waals surface area (Å²) in [5, 5.41) is 1.27. The van der Waals surface area contributed by atoms with Gasteiger partial charge in [0.2, 0.25) is 0 Å². The van der Waals surface area contributed by atoms with Crippen LogP contribution in [0.25, 0.3) is 10.9 Å². The molecule has 0 aliphatic carbocycles. The average molecular weight is 308 g/mol. The smallest absolute Gasteiger partial charge is 0.133 e. The molecule has 3 nitrogen and oxygen atoms in total. The largest absolute Gasteiger partial charge is 0.363 e. The van der Waals surface area contributed by atoms with Crippen molar-refractivity contribution in [2.75, 3.05) is 19.7 Å². The molecule has 1 unspecified atom stereocenters. The SMILES string of the molecule is CC[C@H]1CN2CC[C@H]1C[C@@H]2[C@]1(c2ccnc3ccccc23)CO1. The Kier molecular flexibility index (Phi) is 3.04. The lowest BCUT2D eigenvalue weighted by Crippen LogP contribution is -2.57. The molecule has 4 saturated heterocycles. The highest BCUT2D eigenvalue weighted by atomic mass is 16.6. The molecule has 2 bridgehead atoms. The monoisotopic (exact) mass is 308 g/mol. The van der Waals surface area contributed by atoms with Crippen molar-refractivity contribution in [3.63, 3.8) is 0 Å². The number of hydrogen-bond acceptors (Lipinski definition) is 3. The van der Waals surface area contributed by atoms with Gasteiger partial charge in [0.15, 0.2) is 0 Å². The number of benzene rings is 1. The van der Waals surface area contributed by atoms with Crippen LogP contribution in [0, 0.1) is 11.8 Å². The van der Waals surface area contributed by atoms with Gasteiger partial charge in [-0.05, 0) is 48.9 Å². The van der Waals surface area contributed by atoms with Gasteiger partial charge in [-0.3, -0.25) is 9.88 Å². The van der Waals surface area contributed by atoms with Crippen molar-refractivity contribution >= 4 is 10.9 Å². The predicted octanol–water partition coefficient (Wildman–Crippen LogP) is 3.58. The zero-order valence-corrected chi connectivity index (χ0v) is 13.7. The Morgan fingerprint density at radius 2 is 2.17 bits per heavy atom. The second-order valence-corrected chi connectivity index (χ2v) is 7.52. The summed E-state index contributed by atoms with van der Waals surface area (Å²) >= 11 is 0. The normalized spacial score (nSPS) is 38.8. The molecular weight excluding hydrogens is 284 g/mol. The van der Waals surface area contributed by atoms with E-state index in [0.717, 1.165) is 24.0 Å². The molecule has 5 heterocycles. The number of hydrogen-bond donors (Lipinski definition) is 0. The molecule has 4 aliphatic rings. The molecule has 0 amide bonds. The van der Waals surface area contributed by atoms with Gasteiger partial charge in [-0.2, -0.15) is 0 Å². The molecule has 1 aromatic heterocycles. The van der Waals surface area contributed by atoms with Crippen LogP contribution in [-0.2, 0) is 10.3 Å². The Morgan fingerprint density at radius 1 is 1.30 bits per heavy atom. The van der Waals surface area contributed by atoms with Crippen LogP contribution in [0.1, 0.15) is 31.7 Å². The molecule has 23 heavy (non-hydrogen) atoms. The number of ether oxygens (including phenoxy) is 1. The number of piperidine rings is 3. The maximum absolute atomic E-state index is 6.18. The zero-order valence-electron chi connectivity index (χ0n) is 13.7. The lowest BCUT2D eigenvalue weighted by molar-refractivity contribution is -0.0353. The maximum Gasteiger partial charge on any atom is 0.133 e. The minimum absolute atomic E-state index is 0.0834. The number of fused-ring (bicyclic) bond motifs is 4. The van der Waals surface area contributed by atoms with Crippen molar-refractivity contribution in [1.82, 2.24) is 9.88 Å². The van der Waals surface area contributed by atoms with Crippen molar-refractivity contribution in [3.8, 4) is 0 Å². The predicted molar refractivity (Wildman–Crippen MR) is 91.2 cm³/mol. The molecule has 120 valence electrons. The number of nitrogens with zero attached hydrogens (tertiary/aromatic N) is 2. The van der Waals surface area contributed by atoms with Gasteiger partial charge >= 0.3 is 0 Å². The van der Waals surface area contributed by atoms with E-state index in [1.165, 1.54) is 43.3 Å². The van der Waals surface area contributed by atoms with E-state index in [0.29, 0.717) is 6.04 Å². The first kappa shape index (κ1) is 13.9. The van der Waals surface area contributed by atoms with Crippen LogP contribution in [-0.4, -0.2) is 35.6 Å². The number of epoxide rings is 1. The molecule has 1 aromatic carbocycles. The van der Waals surface area contributed by atoms with Gasteiger partial charge in [0.1, 0.15) is 5.60 Å². The minimum atomic E-state index is -0.0834. The van der Waals surface area contributed by atoms with Crippen molar-refractivity contribution in [1.29, 1.82) is 0 Å². The van der Waals surface area contributed by atoms with E-state index in [4.69, 9.17) is 4.74 Å². The Balaban J connectivity index is 1.55. The van der Waals surface area contributed by atoms with Crippen molar-refractivity contribution in [3.05, 3.63) is 42.1 Å². The highest BCUT2D eigenvalue weighted by Crippen LogP contribution is 2.52. The Hall–Kier alpha value is -1.45. The number of rotatable bonds is 3. The fourth-order valence-corrected chi connectivity index (χ4v) is 5.16. The summed E-state index contributed by atoms with van der Waals surface area (Å²) < 4.78 is 6.18. The summed E-state index contributed by atoms with van der Waals surface area (Å²) in [5.74, 6) is 1.79. The molecule has 0 radical (unpaired) electrons. The molecule has 0 saturated carbocycles. The molecule has 4 aliphatic heterocycles. The third-order valence-corrected chi connectivity index (χ3v) is 6.51. The highest BCUT2D eigenvalue weighted by Gasteiger charge is 2.59. The van der Waals surface area contributed by atoms with Crippen molar-refractivity contribution < 1.29 is 4.74 Å². The first-order chi connectivity index (χ1) is 11.3. The summed E-state index contributed by atoms with van der Waals surface area (Å²) in [6.45, 7) is 5.73. The fraction of sp³-hybridized carbons (Fsp3) is 0.550. The van der Waals surface area contributed by atoms with Gasteiger partial charge < -0.3 is 4.74 Å². The quantitative estimate of drug-likeness (QED) is 0.812. The topological polar surface area (TPSA) is 28.7 Å². The summed E-state index contributed by atoms with van der Waals surface area (Å²) in [7, 11) is 0. The first-order valence-electron chi connectivity index (χ1n) is 9.04. The second kappa shape index (κ2) is 5.02. The van der Waals surface area contributed by atoms with E-state index >= 15 is 0 Å². The minimum Gasteiger partial charge on any atom is -0.363 e. The lowest BCUT2D eigenvalue weighted by atomic mass is 9.70. The van der Waals surface area contributed by atoms with Gasteiger partial charge in [-0.25, -0.2) is 0 Å². The average Bonchev–Trinajstić information content (AvgIpc) is 3.43. The van der Waals surface area contributed by atoms with Gasteiger partial charge in [-0.15, -0.1) is 0 Å². The van der Waals surface area contributed by atoms with Crippen molar-refractivity contribution in [2.24, 2.45) is 11.8 Å².